The minimum absolute atomic E-state index is 0.482. The average molecular weight is 319 g/mol. The van der Waals surface area contributed by atoms with Crippen LogP contribution in [0.1, 0.15) is 5.56 Å². The van der Waals surface area contributed by atoms with Crippen molar-refractivity contribution in [3.05, 3.63) is 40.9 Å². The fourth-order valence-corrected chi connectivity index (χ4v) is 1.80. The molecular formula is C15H19ClN6. The van der Waals surface area contributed by atoms with E-state index >= 15 is 0 Å². The number of nitrogens with zero attached hydrogens (tertiary/aromatic N) is 6. The van der Waals surface area contributed by atoms with E-state index in [0.717, 1.165) is 11.4 Å². The fourth-order valence-electron chi connectivity index (χ4n) is 1.67. The van der Waals surface area contributed by atoms with Crippen LogP contribution in [0, 0.1) is 0 Å². The highest BCUT2D eigenvalue weighted by Gasteiger charge is 2.07. The molecule has 0 N–H and O–H groups in total. The summed E-state index contributed by atoms with van der Waals surface area (Å²) in [6, 6.07) is 9.34. The average Bonchev–Trinajstić information content (AvgIpc) is 2.49. The number of benzene rings is 1. The van der Waals surface area contributed by atoms with Crippen LogP contribution in [0.5, 0.6) is 0 Å². The van der Waals surface area contributed by atoms with E-state index < -0.39 is 0 Å². The van der Waals surface area contributed by atoms with Crippen LogP contribution in [0.25, 0.3) is 0 Å². The summed E-state index contributed by atoms with van der Waals surface area (Å²) < 4.78 is 0. The summed E-state index contributed by atoms with van der Waals surface area (Å²) in [5.41, 5.74) is 1.04. The molecule has 0 bridgehead atoms. The number of anilines is 2. The van der Waals surface area contributed by atoms with Crippen molar-refractivity contribution < 1.29 is 0 Å². The lowest BCUT2D eigenvalue weighted by molar-refractivity contribution is 0.921. The molecule has 0 amide bonds. The number of azo groups is 1. The summed E-state index contributed by atoms with van der Waals surface area (Å²) >= 11 is 5.86. The Morgan fingerprint density at radius 2 is 1.68 bits per heavy atom. The van der Waals surface area contributed by atoms with E-state index in [1.807, 2.05) is 62.3 Å². The van der Waals surface area contributed by atoms with Crippen molar-refractivity contribution in [3.63, 3.8) is 0 Å². The highest BCUT2D eigenvalue weighted by Crippen LogP contribution is 2.20. The van der Waals surface area contributed by atoms with Gasteiger partial charge in [-0.3, -0.25) is 0 Å². The van der Waals surface area contributed by atoms with Gasteiger partial charge in [-0.15, -0.1) is 5.11 Å². The van der Waals surface area contributed by atoms with Gasteiger partial charge in [-0.1, -0.05) is 23.7 Å². The number of hydrogen-bond donors (Lipinski definition) is 0. The van der Waals surface area contributed by atoms with Crippen LogP contribution >= 0.6 is 11.6 Å². The second-order valence-electron chi connectivity index (χ2n) is 5.20. The molecule has 6 nitrogen and oxygen atoms in total. The highest BCUT2D eigenvalue weighted by molar-refractivity contribution is 6.30. The fraction of sp³-hybridized carbons (Fsp3) is 0.333. The van der Waals surface area contributed by atoms with Crippen molar-refractivity contribution in [1.82, 2.24) is 9.97 Å². The number of halogens is 1. The third-order valence-corrected chi connectivity index (χ3v) is 3.14. The second-order valence-corrected chi connectivity index (χ2v) is 5.64. The van der Waals surface area contributed by atoms with Gasteiger partial charge in [0.05, 0.1) is 6.54 Å². The number of rotatable bonds is 5. The normalized spacial score (nSPS) is 11.0. The van der Waals surface area contributed by atoms with Gasteiger partial charge in [0.25, 0.3) is 0 Å². The Bertz CT molecular complexity index is 625. The van der Waals surface area contributed by atoms with Gasteiger partial charge in [-0.2, -0.15) is 15.1 Å². The molecule has 2 rings (SSSR count). The molecule has 7 heteroatoms. The molecule has 1 heterocycles. The molecule has 1 aromatic carbocycles. The lowest BCUT2D eigenvalue weighted by Gasteiger charge is -2.15. The summed E-state index contributed by atoms with van der Waals surface area (Å²) in [5.74, 6) is 1.93. The first kappa shape index (κ1) is 16.2. The van der Waals surface area contributed by atoms with E-state index in [1.54, 1.807) is 6.07 Å². The lowest BCUT2D eigenvalue weighted by atomic mass is 10.2. The summed E-state index contributed by atoms with van der Waals surface area (Å²) in [6.45, 7) is 0.482. The van der Waals surface area contributed by atoms with Gasteiger partial charge in [0.2, 0.25) is 5.95 Å². The van der Waals surface area contributed by atoms with Gasteiger partial charge in [0.1, 0.15) is 5.82 Å². The van der Waals surface area contributed by atoms with Gasteiger partial charge in [0, 0.05) is 39.3 Å². The van der Waals surface area contributed by atoms with Crippen LogP contribution in [0.3, 0.4) is 0 Å². The predicted molar refractivity (Wildman–Crippen MR) is 90.4 cm³/mol. The van der Waals surface area contributed by atoms with Crippen molar-refractivity contribution in [2.75, 3.05) is 38.0 Å². The summed E-state index contributed by atoms with van der Waals surface area (Å²) in [6.07, 6.45) is 0. The first-order chi connectivity index (χ1) is 10.5. The Balaban J connectivity index is 2.17. The molecule has 0 aliphatic rings. The molecule has 2 aromatic rings. The van der Waals surface area contributed by atoms with Gasteiger partial charge >= 0.3 is 0 Å². The lowest BCUT2D eigenvalue weighted by Crippen LogP contribution is -2.16. The van der Waals surface area contributed by atoms with Gasteiger partial charge in [-0.05, 0) is 17.7 Å². The highest BCUT2D eigenvalue weighted by atomic mass is 35.5. The number of hydrogen-bond acceptors (Lipinski definition) is 6. The van der Waals surface area contributed by atoms with Gasteiger partial charge in [0.15, 0.2) is 5.82 Å². The second kappa shape index (κ2) is 7.17. The smallest absolute Gasteiger partial charge is 0.228 e. The Labute approximate surface area is 135 Å². The van der Waals surface area contributed by atoms with Crippen LogP contribution in [0.4, 0.5) is 17.6 Å². The topological polar surface area (TPSA) is 57.0 Å². The molecule has 0 unspecified atom stereocenters. The minimum atomic E-state index is 0.482. The van der Waals surface area contributed by atoms with Crippen LogP contribution in [0.15, 0.2) is 40.6 Å². The van der Waals surface area contributed by atoms with E-state index in [9.17, 15) is 0 Å². The van der Waals surface area contributed by atoms with E-state index in [4.69, 9.17) is 11.6 Å². The van der Waals surface area contributed by atoms with Crippen molar-refractivity contribution in [2.45, 2.75) is 6.54 Å². The summed E-state index contributed by atoms with van der Waals surface area (Å²) in [7, 11) is 7.64. The standard InChI is InChI=1S/C15H19ClN6/c1-21(2)14-9-13(18-15(19-14)22(3)4)20-17-10-11-5-7-12(16)8-6-11/h5-9H,10H2,1-4H3. The molecule has 116 valence electrons. The molecule has 0 radical (unpaired) electrons. The first-order valence-electron chi connectivity index (χ1n) is 6.81. The first-order valence-corrected chi connectivity index (χ1v) is 7.19. The van der Waals surface area contributed by atoms with Crippen molar-refractivity contribution in [2.24, 2.45) is 10.2 Å². The molecule has 0 saturated carbocycles. The predicted octanol–water partition coefficient (Wildman–Crippen LogP) is 3.55. The molecule has 0 aliphatic carbocycles. The molecule has 0 atom stereocenters. The molecule has 1 aromatic heterocycles. The van der Waals surface area contributed by atoms with E-state index in [1.165, 1.54) is 0 Å². The maximum absolute atomic E-state index is 5.86. The monoisotopic (exact) mass is 318 g/mol. The Kier molecular flexibility index (Phi) is 5.27. The van der Waals surface area contributed by atoms with Crippen LogP contribution in [0.2, 0.25) is 5.02 Å². The van der Waals surface area contributed by atoms with Crippen LogP contribution < -0.4 is 9.80 Å². The van der Waals surface area contributed by atoms with E-state index in [0.29, 0.717) is 23.3 Å². The van der Waals surface area contributed by atoms with E-state index in [-0.39, 0.29) is 0 Å². The Hall–Kier alpha value is -2.21. The zero-order chi connectivity index (χ0) is 16.1. The molecule has 0 aliphatic heterocycles. The molecular weight excluding hydrogens is 300 g/mol. The maximum atomic E-state index is 5.86. The number of aromatic nitrogens is 2. The maximum Gasteiger partial charge on any atom is 0.228 e. The van der Waals surface area contributed by atoms with Gasteiger partial charge < -0.3 is 9.80 Å². The quantitative estimate of drug-likeness (QED) is 0.791. The Morgan fingerprint density at radius 3 is 2.27 bits per heavy atom. The van der Waals surface area contributed by atoms with Crippen LogP contribution in [-0.4, -0.2) is 38.2 Å². The molecule has 0 spiro atoms. The summed E-state index contributed by atoms with van der Waals surface area (Å²) in [5, 5.41) is 9.11. The largest absolute Gasteiger partial charge is 0.363 e. The molecule has 22 heavy (non-hydrogen) atoms. The SMILES string of the molecule is CN(C)c1cc(N=NCc2ccc(Cl)cc2)nc(N(C)C)n1. The van der Waals surface area contributed by atoms with Crippen molar-refractivity contribution in [3.8, 4) is 0 Å². The third-order valence-electron chi connectivity index (χ3n) is 2.89. The zero-order valence-electron chi connectivity index (χ0n) is 13.2. The third kappa shape index (κ3) is 4.39. The van der Waals surface area contributed by atoms with E-state index in [2.05, 4.69) is 20.2 Å². The van der Waals surface area contributed by atoms with Crippen molar-refractivity contribution >= 4 is 29.2 Å². The minimum Gasteiger partial charge on any atom is -0.363 e. The zero-order valence-corrected chi connectivity index (χ0v) is 13.9. The molecule has 0 saturated heterocycles. The van der Waals surface area contributed by atoms with Gasteiger partial charge in [-0.25, -0.2) is 0 Å². The Morgan fingerprint density at radius 1 is 1.00 bits per heavy atom. The van der Waals surface area contributed by atoms with Crippen LogP contribution in [-0.2, 0) is 6.54 Å². The molecule has 0 fully saturated rings. The summed E-state index contributed by atoms with van der Waals surface area (Å²) in [4.78, 5) is 12.5. The van der Waals surface area contributed by atoms with Crippen molar-refractivity contribution in [1.29, 1.82) is 0 Å².